The number of H-pyrrole nitrogens is 1. The number of aromatic nitrogens is 2. The SMILES string of the molecule is CC[C@H](O)CN(C)Cc1nc2c(oc3ccc(NCc4ccccc4F)cc32)c(=O)[nH]1. The number of furan rings is 1. The van der Waals surface area contributed by atoms with Crippen LogP contribution in [0.1, 0.15) is 24.7 Å². The smallest absolute Gasteiger partial charge is 0.294 e. The molecule has 0 radical (unpaired) electrons. The quantitative estimate of drug-likeness (QED) is 0.400. The molecule has 0 aliphatic heterocycles. The van der Waals surface area contributed by atoms with Gasteiger partial charge in [0.05, 0.1) is 12.6 Å². The summed E-state index contributed by atoms with van der Waals surface area (Å²) in [6, 6.07) is 12.0. The molecule has 0 saturated carbocycles. The first kappa shape index (κ1) is 21.0. The summed E-state index contributed by atoms with van der Waals surface area (Å²) in [6.45, 7) is 3.12. The molecular formula is C23H25FN4O3. The summed E-state index contributed by atoms with van der Waals surface area (Å²) in [4.78, 5) is 21.8. The lowest BCUT2D eigenvalue weighted by Gasteiger charge is -2.18. The van der Waals surface area contributed by atoms with Gasteiger partial charge in [-0.05, 0) is 37.7 Å². The van der Waals surface area contributed by atoms with Gasteiger partial charge >= 0.3 is 0 Å². The van der Waals surface area contributed by atoms with Gasteiger partial charge in [0, 0.05) is 29.7 Å². The maximum Gasteiger partial charge on any atom is 0.294 e. The Balaban J connectivity index is 1.63. The zero-order valence-corrected chi connectivity index (χ0v) is 17.5. The fourth-order valence-electron chi connectivity index (χ4n) is 3.53. The average Bonchev–Trinajstić information content (AvgIpc) is 3.11. The lowest BCUT2D eigenvalue weighted by molar-refractivity contribution is 0.118. The van der Waals surface area contributed by atoms with Gasteiger partial charge in [-0.2, -0.15) is 0 Å². The predicted octanol–water partition coefficient (Wildman–Crippen LogP) is 3.62. The van der Waals surface area contributed by atoms with Gasteiger partial charge in [0.1, 0.15) is 22.7 Å². The fourth-order valence-corrected chi connectivity index (χ4v) is 3.53. The molecule has 1 atom stereocenters. The Kier molecular flexibility index (Phi) is 6.01. The molecule has 0 amide bonds. The van der Waals surface area contributed by atoms with Crippen molar-refractivity contribution in [1.82, 2.24) is 14.9 Å². The number of benzene rings is 2. The molecule has 2 heterocycles. The van der Waals surface area contributed by atoms with Crippen molar-refractivity contribution in [3.63, 3.8) is 0 Å². The first-order chi connectivity index (χ1) is 14.9. The minimum absolute atomic E-state index is 0.168. The van der Waals surface area contributed by atoms with Gasteiger partial charge in [0.15, 0.2) is 0 Å². The van der Waals surface area contributed by atoms with E-state index in [2.05, 4.69) is 15.3 Å². The molecule has 0 aliphatic rings. The molecule has 31 heavy (non-hydrogen) atoms. The van der Waals surface area contributed by atoms with Crippen LogP contribution >= 0.6 is 0 Å². The van der Waals surface area contributed by atoms with Gasteiger partial charge in [0.2, 0.25) is 5.58 Å². The maximum absolute atomic E-state index is 13.9. The van der Waals surface area contributed by atoms with Gasteiger partial charge in [-0.15, -0.1) is 0 Å². The Labute approximate surface area is 178 Å². The van der Waals surface area contributed by atoms with Crippen LogP contribution in [0.2, 0.25) is 0 Å². The van der Waals surface area contributed by atoms with Crippen molar-refractivity contribution in [3.8, 4) is 0 Å². The van der Waals surface area contributed by atoms with Gasteiger partial charge < -0.3 is 19.8 Å². The van der Waals surface area contributed by atoms with E-state index < -0.39 is 6.10 Å². The third-order valence-corrected chi connectivity index (χ3v) is 5.23. The minimum atomic E-state index is -0.432. The second-order valence-electron chi connectivity index (χ2n) is 7.71. The van der Waals surface area contributed by atoms with Crippen LogP contribution < -0.4 is 10.9 Å². The summed E-state index contributed by atoms with van der Waals surface area (Å²) in [5, 5.41) is 13.8. The number of nitrogens with one attached hydrogen (secondary N) is 2. The van der Waals surface area contributed by atoms with Crippen LogP contribution in [0.15, 0.2) is 51.7 Å². The predicted molar refractivity (Wildman–Crippen MR) is 118 cm³/mol. The molecule has 162 valence electrons. The van der Waals surface area contributed by atoms with Gasteiger partial charge in [-0.1, -0.05) is 25.1 Å². The van der Waals surface area contributed by atoms with Crippen LogP contribution in [0.5, 0.6) is 0 Å². The number of aliphatic hydroxyl groups excluding tert-OH is 1. The van der Waals surface area contributed by atoms with Crippen molar-refractivity contribution in [1.29, 1.82) is 0 Å². The third-order valence-electron chi connectivity index (χ3n) is 5.23. The van der Waals surface area contributed by atoms with Crippen LogP contribution in [0.25, 0.3) is 22.1 Å². The molecular weight excluding hydrogens is 399 g/mol. The number of nitrogens with zero attached hydrogens (tertiary/aromatic N) is 2. The highest BCUT2D eigenvalue weighted by molar-refractivity contribution is 6.03. The second-order valence-corrected chi connectivity index (χ2v) is 7.71. The molecule has 2 aromatic heterocycles. The number of halogens is 1. The highest BCUT2D eigenvalue weighted by Gasteiger charge is 2.15. The highest BCUT2D eigenvalue weighted by atomic mass is 19.1. The molecule has 4 aromatic rings. The molecule has 0 aliphatic carbocycles. The van der Waals surface area contributed by atoms with E-state index in [1.165, 1.54) is 6.07 Å². The van der Waals surface area contributed by atoms with Crippen LogP contribution in [-0.2, 0) is 13.1 Å². The third kappa shape index (κ3) is 4.60. The Bertz CT molecular complexity index is 1270. The first-order valence-electron chi connectivity index (χ1n) is 10.2. The molecule has 0 saturated heterocycles. The fraction of sp³-hybridized carbons (Fsp3) is 0.304. The number of fused-ring (bicyclic) bond motifs is 3. The average molecular weight is 424 g/mol. The highest BCUT2D eigenvalue weighted by Crippen LogP contribution is 2.28. The second kappa shape index (κ2) is 8.87. The lowest BCUT2D eigenvalue weighted by atomic mass is 10.2. The summed E-state index contributed by atoms with van der Waals surface area (Å²) in [5.41, 5.74) is 2.19. The summed E-state index contributed by atoms with van der Waals surface area (Å²) in [5.74, 6) is 0.232. The number of aromatic amines is 1. The van der Waals surface area contributed by atoms with Crippen LogP contribution in [-0.4, -0.2) is 39.7 Å². The van der Waals surface area contributed by atoms with Crippen molar-refractivity contribution in [2.24, 2.45) is 0 Å². The largest absolute Gasteiger partial charge is 0.449 e. The Hall–Kier alpha value is -3.23. The number of aliphatic hydroxyl groups is 1. The zero-order valence-electron chi connectivity index (χ0n) is 17.5. The lowest BCUT2D eigenvalue weighted by Crippen LogP contribution is -2.29. The number of rotatable bonds is 8. The number of hydrogen-bond acceptors (Lipinski definition) is 6. The molecule has 0 bridgehead atoms. The molecule has 2 aromatic carbocycles. The molecule has 0 fully saturated rings. The number of hydrogen-bond donors (Lipinski definition) is 3. The minimum Gasteiger partial charge on any atom is -0.449 e. The maximum atomic E-state index is 13.9. The van der Waals surface area contributed by atoms with Gasteiger partial charge in [-0.25, -0.2) is 9.37 Å². The number of likely N-dealkylation sites (N-methyl/N-ethyl adjacent to an activating group) is 1. The normalized spacial score (nSPS) is 12.7. The van der Waals surface area contributed by atoms with E-state index in [0.29, 0.717) is 53.9 Å². The van der Waals surface area contributed by atoms with Crippen molar-refractivity contribution in [2.75, 3.05) is 18.9 Å². The molecule has 0 spiro atoms. The Morgan fingerprint density at radius 2 is 2.10 bits per heavy atom. The molecule has 3 N–H and O–H groups in total. The van der Waals surface area contributed by atoms with E-state index in [1.807, 2.05) is 31.0 Å². The van der Waals surface area contributed by atoms with E-state index in [4.69, 9.17) is 4.42 Å². The van der Waals surface area contributed by atoms with Crippen molar-refractivity contribution < 1.29 is 13.9 Å². The van der Waals surface area contributed by atoms with E-state index in [0.717, 1.165) is 5.69 Å². The Morgan fingerprint density at radius 1 is 1.29 bits per heavy atom. The Morgan fingerprint density at radius 3 is 2.87 bits per heavy atom. The van der Waals surface area contributed by atoms with Crippen LogP contribution in [0, 0.1) is 5.82 Å². The van der Waals surface area contributed by atoms with Crippen LogP contribution in [0.3, 0.4) is 0 Å². The van der Waals surface area contributed by atoms with Crippen molar-refractivity contribution in [3.05, 3.63) is 70.0 Å². The molecule has 7 nitrogen and oxygen atoms in total. The summed E-state index contributed by atoms with van der Waals surface area (Å²) >= 11 is 0. The van der Waals surface area contributed by atoms with Crippen molar-refractivity contribution >= 4 is 27.8 Å². The van der Waals surface area contributed by atoms with Gasteiger partial charge in [0.25, 0.3) is 5.56 Å². The molecule has 0 unspecified atom stereocenters. The standard InChI is InChI=1S/C23H25FN4O3/c1-3-16(29)12-28(2)13-20-26-21-17-10-15(25-11-14-6-4-5-7-18(14)24)8-9-19(17)31-22(21)23(30)27-20/h4-10,16,25,29H,3,11-13H2,1-2H3,(H,26,27,30)/t16-/m0/s1. The zero-order chi connectivity index (χ0) is 22.0. The van der Waals surface area contributed by atoms with E-state index >= 15 is 0 Å². The van der Waals surface area contributed by atoms with Gasteiger partial charge in [-0.3, -0.25) is 9.69 Å². The van der Waals surface area contributed by atoms with Crippen molar-refractivity contribution in [2.45, 2.75) is 32.5 Å². The summed E-state index contributed by atoms with van der Waals surface area (Å²) < 4.78 is 19.6. The topological polar surface area (TPSA) is 94.4 Å². The molecule has 4 rings (SSSR count). The van der Waals surface area contributed by atoms with E-state index in [-0.39, 0.29) is 17.0 Å². The van der Waals surface area contributed by atoms with E-state index in [9.17, 15) is 14.3 Å². The summed E-state index contributed by atoms with van der Waals surface area (Å²) in [6.07, 6.45) is 0.223. The first-order valence-corrected chi connectivity index (χ1v) is 10.2. The number of anilines is 1. The van der Waals surface area contributed by atoms with Crippen LogP contribution in [0.4, 0.5) is 10.1 Å². The summed E-state index contributed by atoms with van der Waals surface area (Å²) in [7, 11) is 1.86. The molecule has 8 heteroatoms. The monoisotopic (exact) mass is 424 g/mol. The van der Waals surface area contributed by atoms with E-state index in [1.54, 1.807) is 24.3 Å².